The molecule has 38 heavy (non-hydrogen) atoms. The van der Waals surface area contributed by atoms with Crippen molar-refractivity contribution in [1.29, 1.82) is 0 Å². The smallest absolute Gasteiger partial charge is 0.434 e. The molecule has 7 atom stereocenters. The molecule has 3 fully saturated rings. The Labute approximate surface area is 224 Å². The van der Waals surface area contributed by atoms with E-state index in [4.69, 9.17) is 18.9 Å². The van der Waals surface area contributed by atoms with Gasteiger partial charge in [-0.15, -0.1) is 0 Å². The van der Waals surface area contributed by atoms with E-state index in [1.54, 1.807) is 19.9 Å². The first-order chi connectivity index (χ1) is 17.9. The molecule has 0 aromatic carbocycles. The van der Waals surface area contributed by atoms with Crippen molar-refractivity contribution in [1.82, 2.24) is 0 Å². The van der Waals surface area contributed by atoms with E-state index in [-0.39, 0.29) is 48.4 Å². The average Bonchev–Trinajstić information content (AvgIpc) is 3.13. The molecule has 0 amide bonds. The molecular weight excluding hydrogens is 492 g/mol. The number of aliphatic hydroxyl groups excluding tert-OH is 1. The molecular formula is C29H42O9. The Balaban J connectivity index is 1.65. The van der Waals surface area contributed by atoms with Gasteiger partial charge in [-0.1, -0.05) is 26.3 Å². The molecule has 9 nitrogen and oxygen atoms in total. The maximum Gasteiger partial charge on any atom is 0.509 e. The fourth-order valence-corrected chi connectivity index (χ4v) is 8.18. The van der Waals surface area contributed by atoms with Crippen molar-refractivity contribution in [2.75, 3.05) is 13.2 Å². The highest BCUT2D eigenvalue weighted by Gasteiger charge is 2.70. The molecule has 0 spiro atoms. The van der Waals surface area contributed by atoms with E-state index in [1.165, 1.54) is 0 Å². The van der Waals surface area contributed by atoms with Gasteiger partial charge in [-0.3, -0.25) is 9.59 Å². The quantitative estimate of drug-likeness (QED) is 0.453. The van der Waals surface area contributed by atoms with E-state index < -0.39 is 47.9 Å². The fourth-order valence-electron chi connectivity index (χ4n) is 8.18. The predicted molar refractivity (Wildman–Crippen MR) is 136 cm³/mol. The van der Waals surface area contributed by atoms with Crippen LogP contribution in [0.1, 0.15) is 86.0 Å². The molecule has 0 heterocycles. The Bertz CT molecular complexity index is 1000. The molecule has 0 saturated heterocycles. The fraction of sp³-hybridized carbons (Fsp3) is 0.793. The summed E-state index contributed by atoms with van der Waals surface area (Å²) in [5.74, 6) is -0.350. The number of carbonyl (C=O) groups is 4. The van der Waals surface area contributed by atoms with Crippen molar-refractivity contribution in [3.8, 4) is 0 Å². The lowest BCUT2D eigenvalue weighted by molar-refractivity contribution is -0.187. The summed E-state index contributed by atoms with van der Waals surface area (Å²) < 4.78 is 21.3. The minimum atomic E-state index is -1.61. The van der Waals surface area contributed by atoms with Crippen LogP contribution in [0, 0.1) is 28.6 Å². The summed E-state index contributed by atoms with van der Waals surface area (Å²) in [7, 11) is 0. The molecule has 0 bridgehead atoms. The van der Waals surface area contributed by atoms with Crippen molar-refractivity contribution < 1.29 is 43.2 Å². The molecule has 4 aliphatic carbocycles. The summed E-state index contributed by atoms with van der Waals surface area (Å²) in [6.07, 6.45) is 3.18. The van der Waals surface area contributed by atoms with Crippen molar-refractivity contribution >= 4 is 23.9 Å². The third-order valence-corrected chi connectivity index (χ3v) is 9.80. The average molecular weight is 535 g/mol. The topological polar surface area (TPSA) is 125 Å². The van der Waals surface area contributed by atoms with Gasteiger partial charge in [-0.2, -0.15) is 0 Å². The Morgan fingerprint density at radius 1 is 1.08 bits per heavy atom. The van der Waals surface area contributed by atoms with Crippen LogP contribution in [0.3, 0.4) is 0 Å². The molecule has 9 heteroatoms. The van der Waals surface area contributed by atoms with Crippen LogP contribution in [-0.2, 0) is 28.5 Å². The van der Waals surface area contributed by atoms with Gasteiger partial charge in [0.05, 0.1) is 18.8 Å². The Morgan fingerprint density at radius 3 is 2.50 bits per heavy atom. The first-order valence-corrected chi connectivity index (χ1v) is 14.0. The van der Waals surface area contributed by atoms with Crippen LogP contribution in [-0.4, -0.2) is 60.0 Å². The van der Waals surface area contributed by atoms with Crippen molar-refractivity contribution in [2.45, 2.75) is 104 Å². The molecule has 0 unspecified atom stereocenters. The number of allylic oxidation sites excluding steroid dienone is 1. The van der Waals surface area contributed by atoms with Crippen LogP contribution in [0.2, 0.25) is 0 Å². The summed E-state index contributed by atoms with van der Waals surface area (Å²) in [5.41, 5.74) is -1.65. The van der Waals surface area contributed by atoms with Crippen molar-refractivity contribution in [3.63, 3.8) is 0 Å². The van der Waals surface area contributed by atoms with E-state index >= 15 is 0 Å². The highest BCUT2D eigenvalue weighted by molar-refractivity contribution is 5.93. The first kappa shape index (κ1) is 28.6. The summed E-state index contributed by atoms with van der Waals surface area (Å²) in [6, 6.07) is 0. The standard InChI is InChI=1S/C29H42O9/c1-6-13-35-26(34)38-29(23(32)16-36-25(33)37-17(2)3)12-10-21-20-8-7-18-14-19(30)9-11-27(18,4)24(20)22(31)15-28(21,29)5/h14,17,20-22,24,31H,6-13,15-16H2,1-5H3/t20-,21-,22-,24+,27-,28-,29-/m0/s1. The molecule has 0 aromatic heterocycles. The van der Waals surface area contributed by atoms with Crippen LogP contribution in [0.4, 0.5) is 9.59 Å². The van der Waals surface area contributed by atoms with Gasteiger partial charge in [0, 0.05) is 11.8 Å². The van der Waals surface area contributed by atoms with Gasteiger partial charge < -0.3 is 24.1 Å². The van der Waals surface area contributed by atoms with Crippen LogP contribution >= 0.6 is 0 Å². The molecule has 1 N–H and O–H groups in total. The van der Waals surface area contributed by atoms with Crippen molar-refractivity contribution in [2.24, 2.45) is 28.6 Å². The van der Waals surface area contributed by atoms with E-state index in [9.17, 15) is 24.3 Å². The predicted octanol–water partition coefficient (Wildman–Crippen LogP) is 4.92. The number of aliphatic hydroxyl groups is 1. The van der Waals surface area contributed by atoms with Crippen LogP contribution in [0.5, 0.6) is 0 Å². The Kier molecular flexibility index (Phi) is 7.99. The summed E-state index contributed by atoms with van der Waals surface area (Å²) in [5, 5.41) is 11.7. The van der Waals surface area contributed by atoms with Gasteiger partial charge in [-0.25, -0.2) is 9.59 Å². The van der Waals surface area contributed by atoms with E-state index in [0.717, 1.165) is 18.4 Å². The molecule has 0 aromatic rings. The number of hydrogen-bond acceptors (Lipinski definition) is 9. The zero-order valence-corrected chi connectivity index (χ0v) is 23.2. The highest BCUT2D eigenvalue weighted by Crippen LogP contribution is 2.68. The van der Waals surface area contributed by atoms with Gasteiger partial charge in [0.2, 0.25) is 5.78 Å². The second-order valence-electron chi connectivity index (χ2n) is 12.3. The Hall–Kier alpha value is -2.42. The summed E-state index contributed by atoms with van der Waals surface area (Å²) in [4.78, 5) is 50.8. The normalized spacial score (nSPS) is 37.9. The lowest BCUT2D eigenvalue weighted by atomic mass is 9.45. The maximum absolute atomic E-state index is 13.8. The van der Waals surface area contributed by atoms with Crippen LogP contribution in [0.25, 0.3) is 0 Å². The van der Waals surface area contributed by atoms with Crippen LogP contribution in [0.15, 0.2) is 11.6 Å². The third-order valence-electron chi connectivity index (χ3n) is 9.80. The molecule has 4 aliphatic rings. The second kappa shape index (κ2) is 10.6. The SMILES string of the molecule is CCCOC(=O)O[C@]1(C(=O)COC(=O)OC(C)C)CC[C@H]2[C@@H]3CCC4=CC(=O)CC[C@]4(C)[C@H]3[C@@H](O)C[C@@]21C. The Morgan fingerprint density at radius 2 is 1.82 bits per heavy atom. The molecule has 4 rings (SSSR count). The minimum absolute atomic E-state index is 0.00237. The van der Waals surface area contributed by atoms with Gasteiger partial charge in [0.25, 0.3) is 0 Å². The molecule has 0 radical (unpaired) electrons. The zero-order chi connectivity index (χ0) is 27.9. The largest absolute Gasteiger partial charge is 0.509 e. The number of hydrogen-bond donors (Lipinski definition) is 1. The number of Topliss-reactive ketones (excluding diaryl/α,β-unsaturated/α-hetero) is 1. The zero-order valence-electron chi connectivity index (χ0n) is 23.2. The summed E-state index contributed by atoms with van der Waals surface area (Å²) >= 11 is 0. The first-order valence-electron chi connectivity index (χ1n) is 14.0. The lowest BCUT2D eigenvalue weighted by Crippen LogP contribution is -2.63. The van der Waals surface area contributed by atoms with E-state index in [2.05, 4.69) is 6.92 Å². The highest BCUT2D eigenvalue weighted by atomic mass is 16.7. The molecule has 0 aliphatic heterocycles. The number of ketones is 2. The van der Waals surface area contributed by atoms with Gasteiger partial charge in [-0.05, 0) is 88.0 Å². The van der Waals surface area contributed by atoms with Gasteiger partial charge in [0.15, 0.2) is 18.0 Å². The number of rotatable bonds is 7. The van der Waals surface area contributed by atoms with E-state index in [1.807, 2.05) is 13.8 Å². The minimum Gasteiger partial charge on any atom is -0.434 e. The maximum atomic E-state index is 13.8. The van der Waals surface area contributed by atoms with Gasteiger partial charge in [0.1, 0.15) is 0 Å². The molecule has 212 valence electrons. The van der Waals surface area contributed by atoms with E-state index in [0.29, 0.717) is 25.7 Å². The number of ether oxygens (including phenoxy) is 4. The number of carbonyl (C=O) groups excluding carboxylic acids is 4. The van der Waals surface area contributed by atoms with Gasteiger partial charge >= 0.3 is 12.3 Å². The van der Waals surface area contributed by atoms with Crippen LogP contribution < -0.4 is 0 Å². The second-order valence-corrected chi connectivity index (χ2v) is 12.3. The third kappa shape index (κ3) is 4.75. The summed E-state index contributed by atoms with van der Waals surface area (Å²) in [6.45, 7) is 8.83. The monoisotopic (exact) mass is 534 g/mol. The lowest BCUT2D eigenvalue weighted by Gasteiger charge is -2.60. The number of fused-ring (bicyclic) bond motifs is 5. The molecule has 3 saturated carbocycles. The van der Waals surface area contributed by atoms with Crippen molar-refractivity contribution in [3.05, 3.63) is 11.6 Å².